The van der Waals surface area contributed by atoms with Crippen molar-refractivity contribution in [1.82, 2.24) is 0 Å². The van der Waals surface area contributed by atoms with E-state index >= 15 is 0 Å². The molecule has 0 atom stereocenters. The molecule has 0 fully saturated rings. The second kappa shape index (κ2) is 16.3. The van der Waals surface area contributed by atoms with Crippen molar-refractivity contribution in [3.8, 4) is 0 Å². The van der Waals surface area contributed by atoms with Crippen LogP contribution in [0.3, 0.4) is 0 Å². The van der Waals surface area contributed by atoms with Crippen molar-refractivity contribution in [2.45, 2.75) is 105 Å². The Kier molecular flexibility index (Phi) is 17.3. The fraction of sp³-hybridized carbons (Fsp3) is 0.615. The minimum Gasteiger partial charge on any atom is -0.653 e. The predicted octanol–water partition coefficient (Wildman–Crippen LogP) is 8.45. The summed E-state index contributed by atoms with van der Waals surface area (Å²) in [5, 5.41) is 4.54. The number of hydrogen-bond acceptors (Lipinski definition) is 0. The van der Waals surface area contributed by atoms with Crippen LogP contribution in [0, 0.1) is 0 Å². The van der Waals surface area contributed by atoms with Crippen molar-refractivity contribution in [2.24, 2.45) is 0 Å². The number of rotatable bonds is 6. The summed E-state index contributed by atoms with van der Waals surface area (Å²) < 4.78 is 0. The Morgan fingerprint density at radius 2 is 0.893 bits per heavy atom. The molecular weight excluding hydrogens is 505 g/mol. The van der Waals surface area contributed by atoms with Gasteiger partial charge in [0.2, 0.25) is 0 Å². The Labute approximate surface area is 195 Å². The van der Waals surface area contributed by atoms with Crippen LogP contribution in [0.5, 0.6) is 0 Å². The van der Waals surface area contributed by atoms with E-state index in [0.29, 0.717) is 0 Å². The number of nitrogens with zero attached hydrogens (tertiary/aromatic N) is 1. The maximum absolute atomic E-state index is 4.54. The van der Waals surface area contributed by atoms with Gasteiger partial charge in [-0.25, -0.2) is 24.3 Å². The van der Waals surface area contributed by atoms with Crippen LogP contribution in [0.25, 0.3) is 5.32 Å². The van der Waals surface area contributed by atoms with E-state index in [1.807, 2.05) is 0 Å². The third-order valence-electron chi connectivity index (χ3n) is 3.77. The van der Waals surface area contributed by atoms with Gasteiger partial charge in [0, 0.05) is 25.8 Å². The van der Waals surface area contributed by atoms with Gasteiger partial charge >= 0.3 is 0 Å². The molecule has 0 amide bonds. The Balaban J connectivity index is 0. The molecule has 2 rings (SSSR count). The zero-order valence-electron chi connectivity index (χ0n) is 19.8. The molecule has 2 heteroatoms. The van der Waals surface area contributed by atoms with E-state index in [9.17, 15) is 0 Å². The molecule has 0 N–H and O–H groups in total. The van der Waals surface area contributed by atoms with Crippen LogP contribution >= 0.6 is 0 Å². The van der Waals surface area contributed by atoms with Crippen LogP contribution in [0.1, 0.15) is 92.2 Å². The fourth-order valence-electron chi connectivity index (χ4n) is 2.93. The minimum absolute atomic E-state index is 0. The summed E-state index contributed by atoms with van der Waals surface area (Å²) in [7, 11) is 0. The molecule has 0 bridgehead atoms. The largest absolute Gasteiger partial charge is 0.653 e. The average Bonchev–Trinajstić information content (AvgIpc) is 3.22. The zero-order valence-corrected chi connectivity index (χ0v) is 23.4. The monoisotopic (exact) mass is 550 g/mol. The number of aryl methyl sites for hydroxylation is 2. The standard InChI is InChI=1S/2C9H13.C8H18N.Hf/c2*1-2-3-6-9-7-4-5-8-9;1-7(2,3)9-8(4,5)6;/h2*4-5,7-8H,2-3,6H2,1H3;1-6H3;/q3*-1;. The second-order valence-electron chi connectivity index (χ2n) is 9.25. The summed E-state index contributed by atoms with van der Waals surface area (Å²) in [4.78, 5) is 0. The molecule has 0 saturated heterocycles. The van der Waals surface area contributed by atoms with E-state index in [1.165, 1.54) is 49.7 Å². The smallest absolute Gasteiger partial charge is 0 e. The van der Waals surface area contributed by atoms with Gasteiger partial charge < -0.3 is 5.32 Å². The van der Waals surface area contributed by atoms with Crippen molar-refractivity contribution in [3.63, 3.8) is 0 Å². The molecule has 0 aliphatic carbocycles. The first-order valence-electron chi connectivity index (χ1n) is 10.7. The molecule has 0 radical (unpaired) electrons. The summed E-state index contributed by atoms with van der Waals surface area (Å²) in [5.74, 6) is 0. The van der Waals surface area contributed by atoms with Gasteiger partial charge in [-0.1, -0.05) is 93.9 Å². The Morgan fingerprint density at radius 3 is 1.07 bits per heavy atom. The van der Waals surface area contributed by atoms with E-state index in [0.717, 1.165) is 0 Å². The summed E-state index contributed by atoms with van der Waals surface area (Å²) in [6, 6.07) is 17.2. The molecular formula is C26H44HfN-3. The maximum atomic E-state index is 4.54. The first-order valence-corrected chi connectivity index (χ1v) is 10.7. The van der Waals surface area contributed by atoms with Crippen LogP contribution in [-0.4, -0.2) is 11.1 Å². The third kappa shape index (κ3) is 20.3. The third-order valence-corrected chi connectivity index (χ3v) is 3.77. The van der Waals surface area contributed by atoms with Gasteiger partial charge in [-0.05, 0) is 0 Å². The molecule has 1 nitrogen and oxygen atoms in total. The van der Waals surface area contributed by atoms with E-state index in [-0.39, 0.29) is 36.9 Å². The van der Waals surface area contributed by atoms with Gasteiger partial charge in [0.05, 0.1) is 0 Å². The first kappa shape index (κ1) is 29.7. The summed E-state index contributed by atoms with van der Waals surface area (Å²) in [6.45, 7) is 17.2. The van der Waals surface area contributed by atoms with Crippen LogP contribution in [0.4, 0.5) is 0 Å². The molecule has 0 saturated carbocycles. The Morgan fingerprint density at radius 1 is 0.607 bits per heavy atom. The maximum Gasteiger partial charge on any atom is 0 e. The SMILES string of the molecule is CC(C)(C)[N-]C(C)(C)C.CCCC[c-]1cccc1.CCCC[c-]1cccc1.[Hf]. The Hall–Kier alpha value is -0.470. The predicted molar refractivity (Wildman–Crippen MR) is 124 cm³/mol. The molecule has 0 heterocycles. The summed E-state index contributed by atoms with van der Waals surface area (Å²) >= 11 is 0. The molecule has 0 unspecified atom stereocenters. The molecule has 2 aromatic carbocycles. The summed E-state index contributed by atoms with van der Waals surface area (Å²) in [5.41, 5.74) is 3.19. The molecule has 0 aliphatic heterocycles. The topological polar surface area (TPSA) is 14.1 Å². The van der Waals surface area contributed by atoms with Crippen LogP contribution < -0.4 is 0 Å². The molecule has 0 aromatic heterocycles. The van der Waals surface area contributed by atoms with E-state index in [2.05, 4.69) is 109 Å². The van der Waals surface area contributed by atoms with Gasteiger partial charge in [0.25, 0.3) is 0 Å². The fourth-order valence-corrected chi connectivity index (χ4v) is 2.93. The van der Waals surface area contributed by atoms with E-state index in [4.69, 9.17) is 0 Å². The molecule has 28 heavy (non-hydrogen) atoms. The minimum atomic E-state index is 0. The van der Waals surface area contributed by atoms with Crippen molar-refractivity contribution >= 4 is 0 Å². The average molecular weight is 549 g/mol. The van der Waals surface area contributed by atoms with Crippen LogP contribution in [0.15, 0.2) is 48.5 Å². The molecule has 2 aromatic rings. The molecule has 160 valence electrons. The van der Waals surface area contributed by atoms with Crippen molar-refractivity contribution in [1.29, 1.82) is 0 Å². The summed E-state index contributed by atoms with van der Waals surface area (Å²) in [6.07, 6.45) is 7.75. The van der Waals surface area contributed by atoms with E-state index in [1.54, 1.807) is 0 Å². The van der Waals surface area contributed by atoms with Gasteiger partial charge in [-0.15, -0.1) is 11.1 Å². The van der Waals surface area contributed by atoms with Crippen LogP contribution in [-0.2, 0) is 38.7 Å². The Bertz CT molecular complexity index is 474. The van der Waals surface area contributed by atoms with Crippen LogP contribution in [0.2, 0.25) is 0 Å². The normalized spacial score (nSPS) is 10.9. The van der Waals surface area contributed by atoms with Gasteiger partial charge in [0.1, 0.15) is 0 Å². The van der Waals surface area contributed by atoms with Gasteiger partial charge in [-0.3, -0.25) is 0 Å². The van der Waals surface area contributed by atoms with Crippen molar-refractivity contribution in [2.75, 3.05) is 0 Å². The second-order valence-corrected chi connectivity index (χ2v) is 9.25. The van der Waals surface area contributed by atoms with Crippen molar-refractivity contribution < 1.29 is 25.8 Å². The number of hydrogen-bond donors (Lipinski definition) is 0. The van der Waals surface area contributed by atoms with E-state index < -0.39 is 0 Å². The molecule has 0 spiro atoms. The van der Waals surface area contributed by atoms with Crippen molar-refractivity contribution in [3.05, 3.63) is 65.0 Å². The molecule has 0 aliphatic rings. The van der Waals surface area contributed by atoms with Gasteiger partial charge in [0.15, 0.2) is 0 Å². The first-order chi connectivity index (χ1) is 12.6. The number of unbranched alkanes of at least 4 members (excludes halogenated alkanes) is 2. The zero-order chi connectivity index (χ0) is 20.8. The van der Waals surface area contributed by atoms with Gasteiger partial charge in [-0.2, -0.15) is 35.4 Å². The quantitative estimate of drug-likeness (QED) is 0.254.